The molecule has 4 aromatic heterocycles. The molecule has 0 unspecified atom stereocenters. The number of aromatic nitrogens is 4. The van der Waals surface area contributed by atoms with E-state index in [4.69, 9.17) is 9.40 Å². The quantitative estimate of drug-likeness (QED) is 0.189. The molecule has 4 heterocycles. The lowest BCUT2D eigenvalue weighted by molar-refractivity contribution is -0.121. The number of nitrogens with one attached hydrogen (secondary N) is 3. The highest BCUT2D eigenvalue weighted by Gasteiger charge is 2.19. The van der Waals surface area contributed by atoms with E-state index in [1.807, 2.05) is 86.6 Å². The van der Waals surface area contributed by atoms with Crippen molar-refractivity contribution in [3.8, 4) is 11.4 Å². The summed E-state index contributed by atoms with van der Waals surface area (Å²) in [6, 6.07) is 25.3. The third-order valence-corrected chi connectivity index (χ3v) is 7.96. The molecule has 7 aromatic rings. The number of furan rings is 1. The van der Waals surface area contributed by atoms with Gasteiger partial charge in [0, 0.05) is 51.4 Å². The molecule has 0 aliphatic rings. The summed E-state index contributed by atoms with van der Waals surface area (Å²) in [6.45, 7) is 4.05. The Morgan fingerprint density at radius 1 is 0.977 bits per heavy atom. The average Bonchev–Trinajstić information content (AvgIpc) is 3.63. The van der Waals surface area contributed by atoms with Crippen LogP contribution in [0.5, 0.6) is 0 Å². The fourth-order valence-electron chi connectivity index (χ4n) is 5.63. The van der Waals surface area contributed by atoms with Crippen molar-refractivity contribution in [2.75, 3.05) is 5.32 Å². The zero-order valence-electron chi connectivity index (χ0n) is 24.3. The number of hydrogen-bond acceptors (Lipinski definition) is 6. The number of anilines is 1. The first-order valence-electron chi connectivity index (χ1n) is 14.5. The van der Waals surface area contributed by atoms with Gasteiger partial charge >= 0.3 is 0 Å². The Morgan fingerprint density at radius 2 is 1.80 bits per heavy atom. The first-order chi connectivity index (χ1) is 21.4. The lowest BCUT2D eigenvalue weighted by atomic mass is 10.0. The number of nitrogens with zero attached hydrogens (tertiary/aromatic N) is 3. The van der Waals surface area contributed by atoms with Crippen molar-refractivity contribution in [1.29, 1.82) is 0 Å². The number of H-pyrrole nitrogens is 1. The molecule has 0 fully saturated rings. The van der Waals surface area contributed by atoms with Crippen LogP contribution < -0.4 is 16.2 Å². The molecule has 9 nitrogen and oxygen atoms in total. The predicted octanol–water partition coefficient (Wildman–Crippen LogP) is 6.48. The highest BCUT2D eigenvalue weighted by atomic mass is 16.3. The molecule has 44 heavy (non-hydrogen) atoms. The first kappa shape index (κ1) is 27.2. The molecule has 0 saturated heterocycles. The molecule has 0 aliphatic carbocycles. The van der Waals surface area contributed by atoms with E-state index < -0.39 is 0 Å². The highest BCUT2D eigenvalue weighted by molar-refractivity contribution is 6.05. The summed E-state index contributed by atoms with van der Waals surface area (Å²) in [7, 11) is 0. The van der Waals surface area contributed by atoms with Gasteiger partial charge in [0.25, 0.3) is 5.56 Å². The van der Waals surface area contributed by atoms with Crippen molar-refractivity contribution in [3.05, 3.63) is 125 Å². The maximum atomic E-state index is 14.0. The van der Waals surface area contributed by atoms with Gasteiger partial charge in [0.05, 0.1) is 12.7 Å². The van der Waals surface area contributed by atoms with Gasteiger partial charge < -0.3 is 20.0 Å². The summed E-state index contributed by atoms with van der Waals surface area (Å²) in [6.07, 6.45) is 5.04. The van der Waals surface area contributed by atoms with Crippen LogP contribution in [0, 0.1) is 6.92 Å². The minimum absolute atomic E-state index is 0.186. The SMILES string of the molecule is Cc1ccccc1-c1ncc(N[C@H](C)c2ccc3oc4ccccc4c3c2)c(=O)n1CC(=O)NCc1cc2cnccc2[nH]1. The second kappa shape index (κ2) is 11.2. The van der Waals surface area contributed by atoms with Crippen LogP contribution in [0.2, 0.25) is 0 Å². The number of carbonyl (C=O) groups excluding carboxylic acids is 1. The Hall–Kier alpha value is -5.70. The Labute approximate surface area is 252 Å². The van der Waals surface area contributed by atoms with E-state index in [0.717, 1.165) is 55.2 Å². The minimum Gasteiger partial charge on any atom is -0.456 e. The first-order valence-corrected chi connectivity index (χ1v) is 14.5. The van der Waals surface area contributed by atoms with Gasteiger partial charge in [-0.2, -0.15) is 0 Å². The zero-order chi connectivity index (χ0) is 30.2. The second-order valence-electron chi connectivity index (χ2n) is 11.0. The summed E-state index contributed by atoms with van der Waals surface area (Å²) in [4.78, 5) is 39.3. The standard InChI is InChI=1S/C35H30N6O3/c1-21-7-3-4-8-26(21)34-38-19-30(39-22(2)23-11-12-32-28(16-23)27-9-5-6-10-31(27)44-32)35(43)41(34)20-33(42)37-18-25-15-24-17-36-14-13-29(24)40-25/h3-17,19,22,39-40H,18,20H2,1-2H3,(H,37,42)/t22-/m1/s1. The van der Waals surface area contributed by atoms with Gasteiger partial charge in [0.2, 0.25) is 5.91 Å². The van der Waals surface area contributed by atoms with E-state index >= 15 is 0 Å². The van der Waals surface area contributed by atoms with Crippen LogP contribution in [-0.2, 0) is 17.9 Å². The number of aromatic amines is 1. The van der Waals surface area contributed by atoms with Crippen LogP contribution in [0.4, 0.5) is 5.69 Å². The van der Waals surface area contributed by atoms with Crippen molar-refractivity contribution in [1.82, 2.24) is 24.8 Å². The van der Waals surface area contributed by atoms with Gasteiger partial charge in [0.1, 0.15) is 29.2 Å². The molecule has 0 radical (unpaired) electrons. The van der Waals surface area contributed by atoms with Crippen LogP contribution in [0.25, 0.3) is 44.2 Å². The molecular formula is C35H30N6O3. The van der Waals surface area contributed by atoms with E-state index in [1.54, 1.807) is 18.6 Å². The highest BCUT2D eigenvalue weighted by Crippen LogP contribution is 2.31. The summed E-state index contributed by atoms with van der Waals surface area (Å²) < 4.78 is 7.42. The molecule has 0 spiro atoms. The largest absolute Gasteiger partial charge is 0.456 e. The zero-order valence-corrected chi connectivity index (χ0v) is 24.3. The number of rotatable bonds is 8. The molecule has 1 atom stereocenters. The van der Waals surface area contributed by atoms with Gasteiger partial charge in [0.15, 0.2) is 0 Å². The minimum atomic E-state index is -0.327. The lowest BCUT2D eigenvalue weighted by Crippen LogP contribution is -2.34. The van der Waals surface area contributed by atoms with Gasteiger partial charge in [-0.05, 0) is 55.3 Å². The molecular weight excluding hydrogens is 552 g/mol. The van der Waals surface area contributed by atoms with Crippen LogP contribution in [0.1, 0.15) is 29.8 Å². The second-order valence-corrected chi connectivity index (χ2v) is 11.0. The Morgan fingerprint density at radius 3 is 2.66 bits per heavy atom. The normalized spacial score (nSPS) is 12.1. The number of benzene rings is 3. The third-order valence-electron chi connectivity index (χ3n) is 7.96. The molecule has 0 bridgehead atoms. The van der Waals surface area contributed by atoms with Crippen LogP contribution in [-0.4, -0.2) is 25.4 Å². The van der Waals surface area contributed by atoms with Crippen molar-refractivity contribution in [3.63, 3.8) is 0 Å². The smallest absolute Gasteiger partial charge is 0.277 e. The van der Waals surface area contributed by atoms with Crippen molar-refractivity contribution in [2.24, 2.45) is 0 Å². The van der Waals surface area contributed by atoms with E-state index in [0.29, 0.717) is 11.5 Å². The topological polar surface area (TPSA) is 118 Å². The molecule has 218 valence electrons. The van der Waals surface area contributed by atoms with E-state index in [-0.39, 0.29) is 30.6 Å². The summed E-state index contributed by atoms with van der Waals surface area (Å²) in [5, 5.41) is 9.30. The number of carbonyl (C=O) groups is 1. The number of para-hydroxylation sites is 1. The molecule has 1 amide bonds. The van der Waals surface area contributed by atoms with Crippen LogP contribution in [0.15, 0.2) is 107 Å². The van der Waals surface area contributed by atoms with Crippen molar-refractivity contribution < 1.29 is 9.21 Å². The van der Waals surface area contributed by atoms with Gasteiger partial charge in [-0.3, -0.25) is 19.1 Å². The summed E-state index contributed by atoms with van der Waals surface area (Å²) in [5.74, 6) is 0.132. The number of pyridine rings is 1. The summed E-state index contributed by atoms with van der Waals surface area (Å²) in [5.41, 5.74) is 6.14. The predicted molar refractivity (Wildman–Crippen MR) is 172 cm³/mol. The number of amides is 1. The maximum Gasteiger partial charge on any atom is 0.277 e. The van der Waals surface area contributed by atoms with Crippen LogP contribution in [0.3, 0.4) is 0 Å². The van der Waals surface area contributed by atoms with E-state index in [9.17, 15) is 9.59 Å². The fourth-order valence-corrected chi connectivity index (χ4v) is 5.63. The van der Waals surface area contributed by atoms with Gasteiger partial charge in [-0.15, -0.1) is 0 Å². The van der Waals surface area contributed by atoms with Crippen molar-refractivity contribution in [2.45, 2.75) is 33.0 Å². The van der Waals surface area contributed by atoms with Crippen molar-refractivity contribution >= 4 is 44.4 Å². The number of fused-ring (bicyclic) bond motifs is 4. The van der Waals surface area contributed by atoms with E-state index in [2.05, 4.69) is 26.7 Å². The van der Waals surface area contributed by atoms with Gasteiger partial charge in [-0.1, -0.05) is 48.5 Å². The molecule has 3 N–H and O–H groups in total. The molecule has 3 aromatic carbocycles. The molecule has 0 saturated carbocycles. The maximum absolute atomic E-state index is 14.0. The van der Waals surface area contributed by atoms with E-state index in [1.165, 1.54) is 4.57 Å². The van der Waals surface area contributed by atoms with Crippen LogP contribution >= 0.6 is 0 Å². The fraction of sp³-hybridized carbons (Fsp3) is 0.143. The number of hydrogen-bond donors (Lipinski definition) is 3. The molecule has 7 rings (SSSR count). The average molecular weight is 583 g/mol. The molecule has 0 aliphatic heterocycles. The Bertz CT molecular complexity index is 2190. The molecule has 9 heteroatoms. The lowest BCUT2D eigenvalue weighted by Gasteiger charge is -2.19. The Balaban J connectivity index is 1.18. The Kier molecular flexibility index (Phi) is 6.90. The monoisotopic (exact) mass is 582 g/mol. The summed E-state index contributed by atoms with van der Waals surface area (Å²) >= 11 is 0. The third kappa shape index (κ3) is 5.09. The van der Waals surface area contributed by atoms with Gasteiger partial charge in [-0.25, -0.2) is 4.98 Å². The number of aryl methyl sites for hydroxylation is 1.